The van der Waals surface area contributed by atoms with Crippen molar-refractivity contribution in [2.24, 2.45) is 5.41 Å². The smallest absolute Gasteiger partial charge is 0.0571 e. The van der Waals surface area contributed by atoms with Crippen LogP contribution in [0.5, 0.6) is 0 Å². The normalized spacial score (nSPS) is 17.8. The molecule has 1 heteroatoms. The topological polar surface area (TPSA) is 9.23 Å². The number of ether oxygens (including phenoxy) is 1. The molecule has 1 aliphatic carbocycles. The van der Waals surface area contributed by atoms with E-state index in [1.165, 1.54) is 25.7 Å². The molecule has 102 valence electrons. The van der Waals surface area contributed by atoms with Gasteiger partial charge in [-0.25, -0.2) is 0 Å². The summed E-state index contributed by atoms with van der Waals surface area (Å²) >= 11 is 0. The zero-order chi connectivity index (χ0) is 13.6. The average molecular weight is 232 g/mol. The Morgan fingerprint density at radius 3 is 1.38 bits per heavy atom. The van der Waals surface area contributed by atoms with E-state index in [4.69, 9.17) is 4.74 Å². The summed E-state index contributed by atoms with van der Waals surface area (Å²) in [5.74, 6) is 0. The van der Waals surface area contributed by atoms with E-state index < -0.39 is 0 Å². The number of hydrogen-bond acceptors (Lipinski definition) is 1. The zero-order valence-corrected chi connectivity index (χ0v) is 13.3. The van der Waals surface area contributed by atoms with E-state index in [-0.39, 0.29) is 0 Å². The van der Waals surface area contributed by atoms with Gasteiger partial charge in [0.25, 0.3) is 0 Å². The molecule has 0 saturated heterocycles. The SMILES string of the molecule is CC.CC.CC.COC1CCC(C)(C)CC1. The van der Waals surface area contributed by atoms with Crippen LogP contribution in [0, 0.1) is 5.41 Å². The van der Waals surface area contributed by atoms with Crippen molar-refractivity contribution < 1.29 is 4.74 Å². The van der Waals surface area contributed by atoms with E-state index in [1.807, 2.05) is 48.7 Å². The van der Waals surface area contributed by atoms with Gasteiger partial charge in [-0.2, -0.15) is 0 Å². The highest BCUT2D eigenvalue weighted by atomic mass is 16.5. The molecule has 1 saturated carbocycles. The van der Waals surface area contributed by atoms with E-state index in [1.54, 1.807) is 0 Å². The molecule has 0 heterocycles. The van der Waals surface area contributed by atoms with Crippen molar-refractivity contribution in [3.63, 3.8) is 0 Å². The Bertz CT molecular complexity index is 98.0. The van der Waals surface area contributed by atoms with Crippen molar-refractivity contribution in [3.8, 4) is 0 Å². The molecule has 1 aliphatic rings. The average Bonchev–Trinajstić information content (AvgIpc) is 2.37. The molecule has 0 unspecified atom stereocenters. The Morgan fingerprint density at radius 2 is 1.12 bits per heavy atom. The minimum atomic E-state index is 0.549. The van der Waals surface area contributed by atoms with E-state index in [0.717, 1.165) is 0 Å². The Hall–Kier alpha value is -0.0400. The minimum Gasteiger partial charge on any atom is -0.381 e. The monoisotopic (exact) mass is 232 g/mol. The first kappa shape index (κ1) is 21.3. The summed E-state index contributed by atoms with van der Waals surface area (Å²) in [6.07, 6.45) is 5.71. The van der Waals surface area contributed by atoms with Gasteiger partial charge >= 0.3 is 0 Å². The molecule has 0 N–H and O–H groups in total. The van der Waals surface area contributed by atoms with E-state index in [2.05, 4.69) is 13.8 Å². The standard InChI is InChI=1S/C9H18O.3C2H6/c1-9(2)6-4-8(10-3)5-7-9;3*1-2/h8H,4-7H2,1-3H3;3*1-2H3. The Labute approximate surface area is 105 Å². The lowest BCUT2D eigenvalue weighted by atomic mass is 9.76. The van der Waals surface area contributed by atoms with E-state index >= 15 is 0 Å². The predicted octanol–water partition coefficient (Wildman–Crippen LogP) is 5.68. The highest BCUT2D eigenvalue weighted by molar-refractivity contribution is 4.78. The van der Waals surface area contributed by atoms with Crippen LogP contribution in [0.1, 0.15) is 81.1 Å². The van der Waals surface area contributed by atoms with Crippen LogP contribution >= 0.6 is 0 Å². The number of hydrogen-bond donors (Lipinski definition) is 0. The van der Waals surface area contributed by atoms with Crippen LogP contribution in [-0.4, -0.2) is 13.2 Å². The third-order valence-corrected chi connectivity index (χ3v) is 2.62. The first-order valence-electron chi connectivity index (χ1n) is 7.17. The molecule has 0 aromatic heterocycles. The fourth-order valence-corrected chi connectivity index (χ4v) is 1.61. The minimum absolute atomic E-state index is 0.549. The van der Waals surface area contributed by atoms with Gasteiger partial charge in [0.1, 0.15) is 0 Å². The Morgan fingerprint density at radius 1 is 0.812 bits per heavy atom. The summed E-state index contributed by atoms with van der Waals surface area (Å²) in [7, 11) is 1.82. The Balaban J connectivity index is -0.000000245. The molecule has 0 radical (unpaired) electrons. The lowest BCUT2D eigenvalue weighted by Gasteiger charge is -2.33. The van der Waals surface area contributed by atoms with Gasteiger partial charge in [0, 0.05) is 7.11 Å². The van der Waals surface area contributed by atoms with Crippen molar-refractivity contribution in [3.05, 3.63) is 0 Å². The lowest BCUT2D eigenvalue weighted by Crippen LogP contribution is -2.25. The quantitative estimate of drug-likeness (QED) is 0.565. The van der Waals surface area contributed by atoms with Crippen LogP contribution < -0.4 is 0 Å². The third kappa shape index (κ3) is 12.0. The van der Waals surface area contributed by atoms with Crippen molar-refractivity contribution in [2.45, 2.75) is 87.2 Å². The fraction of sp³-hybridized carbons (Fsp3) is 1.00. The molecule has 0 atom stereocenters. The van der Waals surface area contributed by atoms with Crippen molar-refractivity contribution in [1.29, 1.82) is 0 Å². The maximum absolute atomic E-state index is 5.28. The molecule has 1 fully saturated rings. The summed E-state index contributed by atoms with van der Waals surface area (Å²) < 4.78 is 5.28. The molecule has 0 amide bonds. The van der Waals surface area contributed by atoms with Crippen LogP contribution in [0.15, 0.2) is 0 Å². The molecule has 1 rings (SSSR count). The van der Waals surface area contributed by atoms with Crippen LogP contribution in [-0.2, 0) is 4.74 Å². The summed E-state index contributed by atoms with van der Waals surface area (Å²) in [4.78, 5) is 0. The zero-order valence-electron chi connectivity index (χ0n) is 13.3. The van der Waals surface area contributed by atoms with Gasteiger partial charge in [-0.1, -0.05) is 55.4 Å². The van der Waals surface area contributed by atoms with Gasteiger partial charge in [0.05, 0.1) is 6.10 Å². The first-order chi connectivity index (χ1) is 7.64. The third-order valence-electron chi connectivity index (χ3n) is 2.62. The van der Waals surface area contributed by atoms with Crippen LogP contribution in [0.2, 0.25) is 0 Å². The molecular formula is C15H36O. The van der Waals surface area contributed by atoms with Gasteiger partial charge in [-0.15, -0.1) is 0 Å². The van der Waals surface area contributed by atoms with Gasteiger partial charge in [-0.05, 0) is 31.1 Å². The summed E-state index contributed by atoms with van der Waals surface area (Å²) in [5, 5.41) is 0. The molecule has 16 heavy (non-hydrogen) atoms. The van der Waals surface area contributed by atoms with Crippen LogP contribution in [0.3, 0.4) is 0 Å². The second kappa shape index (κ2) is 15.0. The fourth-order valence-electron chi connectivity index (χ4n) is 1.61. The molecule has 0 aromatic rings. The molecule has 0 aliphatic heterocycles. The van der Waals surface area contributed by atoms with Gasteiger partial charge in [0.15, 0.2) is 0 Å². The van der Waals surface area contributed by atoms with Gasteiger partial charge < -0.3 is 4.74 Å². The number of methoxy groups -OCH3 is 1. The second-order valence-electron chi connectivity index (χ2n) is 4.10. The molecule has 0 aromatic carbocycles. The maximum Gasteiger partial charge on any atom is 0.0571 e. The van der Waals surface area contributed by atoms with Crippen molar-refractivity contribution >= 4 is 0 Å². The van der Waals surface area contributed by atoms with Crippen LogP contribution in [0.4, 0.5) is 0 Å². The summed E-state index contributed by atoms with van der Waals surface area (Å²) in [6.45, 7) is 16.7. The van der Waals surface area contributed by atoms with Crippen molar-refractivity contribution in [2.75, 3.05) is 7.11 Å². The molecular weight excluding hydrogens is 196 g/mol. The van der Waals surface area contributed by atoms with E-state index in [9.17, 15) is 0 Å². The highest BCUT2D eigenvalue weighted by Gasteiger charge is 2.26. The van der Waals surface area contributed by atoms with Crippen molar-refractivity contribution in [1.82, 2.24) is 0 Å². The molecule has 1 nitrogen and oxygen atoms in total. The number of rotatable bonds is 1. The van der Waals surface area contributed by atoms with E-state index in [0.29, 0.717) is 11.5 Å². The van der Waals surface area contributed by atoms with Gasteiger partial charge in [0.2, 0.25) is 0 Å². The summed E-state index contributed by atoms with van der Waals surface area (Å²) in [5.41, 5.74) is 0.578. The van der Waals surface area contributed by atoms with Gasteiger partial charge in [-0.3, -0.25) is 0 Å². The molecule has 0 spiro atoms. The van der Waals surface area contributed by atoms with Crippen LogP contribution in [0.25, 0.3) is 0 Å². The largest absolute Gasteiger partial charge is 0.381 e. The Kier molecular flexibility index (Phi) is 19.9. The lowest BCUT2D eigenvalue weighted by molar-refractivity contribution is 0.0380. The molecule has 0 bridgehead atoms. The predicted molar refractivity (Wildman–Crippen MR) is 77.1 cm³/mol. The highest BCUT2D eigenvalue weighted by Crippen LogP contribution is 2.35. The summed E-state index contributed by atoms with van der Waals surface area (Å²) in [6, 6.07) is 0. The maximum atomic E-state index is 5.28. The first-order valence-corrected chi connectivity index (χ1v) is 7.17. The second-order valence-corrected chi connectivity index (χ2v) is 4.10.